The lowest BCUT2D eigenvalue weighted by molar-refractivity contribution is -0.123. The number of carbonyl (C=O) groups excluding carboxylic acids is 2. The molecule has 0 spiro atoms. The lowest BCUT2D eigenvalue weighted by Gasteiger charge is -2.25. The van der Waals surface area contributed by atoms with E-state index in [4.69, 9.17) is 7.85 Å². The van der Waals surface area contributed by atoms with Gasteiger partial charge >= 0.3 is 6.03 Å². The van der Waals surface area contributed by atoms with Crippen molar-refractivity contribution in [3.8, 4) is 0 Å². The number of fused-ring (bicyclic) bond motifs is 1. The summed E-state index contributed by atoms with van der Waals surface area (Å²) in [7, 11) is 6.08. The molecule has 2 aliphatic heterocycles. The number of nitrogens with zero attached hydrogens (tertiary/aromatic N) is 3. The summed E-state index contributed by atoms with van der Waals surface area (Å²) in [6.45, 7) is 3.41. The Kier molecular flexibility index (Phi) is 8.57. The molecule has 200 valence electrons. The molecule has 3 heterocycles. The van der Waals surface area contributed by atoms with Gasteiger partial charge in [-0.25, -0.2) is 9.78 Å². The summed E-state index contributed by atoms with van der Waals surface area (Å²) in [6.07, 6.45) is 5.04. The van der Waals surface area contributed by atoms with Gasteiger partial charge in [0.1, 0.15) is 13.7 Å². The van der Waals surface area contributed by atoms with Gasteiger partial charge < -0.3 is 31.5 Å². The van der Waals surface area contributed by atoms with Gasteiger partial charge in [-0.05, 0) is 60.5 Å². The molecule has 2 aliphatic rings. The molecule has 1 atom stereocenters. The Morgan fingerprint density at radius 1 is 1.03 bits per heavy atom. The fraction of sp³-hybridized carbons (Fsp3) is 0.357. The van der Waals surface area contributed by atoms with Crippen LogP contribution < -0.4 is 32.0 Å². The SMILES string of the molecule is [B]c1cnc(Nc2cccc(NC(=O)N3CCCC3)c2)nc1NCCCNC(=O)C1Cc2ccccc2CN1. The van der Waals surface area contributed by atoms with Crippen LogP contribution in [0.5, 0.6) is 0 Å². The van der Waals surface area contributed by atoms with Gasteiger partial charge in [-0.3, -0.25) is 4.79 Å². The third-order valence-corrected chi connectivity index (χ3v) is 6.92. The van der Waals surface area contributed by atoms with Crippen LogP contribution in [0.1, 0.15) is 30.4 Å². The lowest BCUT2D eigenvalue weighted by Crippen LogP contribution is -2.48. The van der Waals surface area contributed by atoms with E-state index in [1.165, 1.54) is 11.1 Å². The molecule has 2 radical (unpaired) electrons. The number of carbonyl (C=O) groups is 2. The number of benzene rings is 2. The van der Waals surface area contributed by atoms with Crippen molar-refractivity contribution in [3.63, 3.8) is 0 Å². The number of nitrogens with one attached hydrogen (secondary N) is 5. The van der Waals surface area contributed by atoms with E-state index in [9.17, 15) is 9.59 Å². The molecule has 10 nitrogen and oxygen atoms in total. The van der Waals surface area contributed by atoms with E-state index in [1.807, 2.05) is 41.3 Å². The molecule has 1 saturated heterocycles. The van der Waals surface area contributed by atoms with E-state index in [0.29, 0.717) is 55.4 Å². The fourth-order valence-electron chi connectivity index (χ4n) is 4.79. The second-order valence-corrected chi connectivity index (χ2v) is 9.81. The molecule has 39 heavy (non-hydrogen) atoms. The van der Waals surface area contributed by atoms with Gasteiger partial charge in [-0.15, -0.1) is 0 Å². The van der Waals surface area contributed by atoms with Gasteiger partial charge in [0.15, 0.2) is 0 Å². The molecule has 5 N–H and O–H groups in total. The highest BCUT2D eigenvalue weighted by atomic mass is 16.2. The molecular weight excluding hydrogens is 491 g/mol. The minimum atomic E-state index is -0.217. The second kappa shape index (κ2) is 12.6. The summed E-state index contributed by atoms with van der Waals surface area (Å²) < 4.78 is 0. The number of amides is 3. The first-order valence-electron chi connectivity index (χ1n) is 13.4. The van der Waals surface area contributed by atoms with Crippen molar-refractivity contribution >= 4 is 48.4 Å². The van der Waals surface area contributed by atoms with Gasteiger partial charge in [0.2, 0.25) is 11.9 Å². The van der Waals surface area contributed by atoms with E-state index in [0.717, 1.165) is 31.6 Å². The molecule has 0 aliphatic carbocycles. The Hall–Kier alpha value is -4.12. The third kappa shape index (κ3) is 7.05. The fourth-order valence-corrected chi connectivity index (χ4v) is 4.79. The van der Waals surface area contributed by atoms with Crippen LogP contribution in [0.2, 0.25) is 0 Å². The van der Waals surface area contributed by atoms with Gasteiger partial charge in [0.05, 0.1) is 6.04 Å². The smallest absolute Gasteiger partial charge is 0.321 e. The highest BCUT2D eigenvalue weighted by Gasteiger charge is 2.23. The number of aromatic nitrogens is 2. The maximum atomic E-state index is 12.6. The second-order valence-electron chi connectivity index (χ2n) is 9.81. The largest absolute Gasteiger partial charge is 0.370 e. The van der Waals surface area contributed by atoms with E-state index in [1.54, 1.807) is 6.20 Å². The first kappa shape index (κ1) is 26.5. The van der Waals surface area contributed by atoms with Crippen LogP contribution in [0.4, 0.5) is 27.9 Å². The van der Waals surface area contributed by atoms with Crippen LogP contribution in [0.15, 0.2) is 54.7 Å². The predicted molar refractivity (Wildman–Crippen MR) is 154 cm³/mol. The van der Waals surface area contributed by atoms with Crippen molar-refractivity contribution in [2.45, 2.75) is 38.3 Å². The number of likely N-dealkylation sites (tertiary alicyclic amines) is 1. The summed E-state index contributed by atoms with van der Waals surface area (Å²) in [5, 5.41) is 15.7. The summed E-state index contributed by atoms with van der Waals surface area (Å²) in [6, 6.07) is 15.3. The number of urea groups is 1. The number of hydrogen-bond acceptors (Lipinski definition) is 7. The van der Waals surface area contributed by atoms with Gasteiger partial charge in [-0.2, -0.15) is 4.98 Å². The van der Waals surface area contributed by atoms with Crippen LogP contribution in [-0.4, -0.2) is 66.9 Å². The Balaban J connectivity index is 1.07. The minimum absolute atomic E-state index is 0.0105. The molecule has 5 rings (SSSR count). The summed E-state index contributed by atoms with van der Waals surface area (Å²) >= 11 is 0. The maximum Gasteiger partial charge on any atom is 0.321 e. The van der Waals surface area contributed by atoms with Gasteiger partial charge in [-0.1, -0.05) is 30.3 Å². The molecule has 3 amide bonds. The number of anilines is 4. The molecule has 1 aromatic heterocycles. The summed E-state index contributed by atoms with van der Waals surface area (Å²) in [5.41, 5.74) is 4.34. The van der Waals surface area contributed by atoms with Crippen LogP contribution >= 0.6 is 0 Å². The molecule has 2 aromatic carbocycles. The van der Waals surface area contributed by atoms with Crippen LogP contribution in [-0.2, 0) is 17.8 Å². The lowest BCUT2D eigenvalue weighted by atomic mass is 9.95. The third-order valence-electron chi connectivity index (χ3n) is 6.92. The standard InChI is InChI=1S/C28H33BN8O2/c29-23-18-33-27(34-21-9-5-10-22(16-21)35-28(39)37-13-3-4-14-37)36-25(23)30-11-6-12-31-26(38)24-15-19-7-1-2-8-20(19)17-32-24/h1-2,5,7-10,16,18,24,32H,3-4,6,11-15,17H2,(H,31,38)(H,35,39)(H2,30,33,34,36). The van der Waals surface area contributed by atoms with E-state index < -0.39 is 0 Å². The molecule has 1 unspecified atom stereocenters. The Labute approximate surface area is 229 Å². The van der Waals surface area contributed by atoms with Crippen molar-refractivity contribution in [2.75, 3.05) is 42.1 Å². The number of hydrogen-bond donors (Lipinski definition) is 5. The van der Waals surface area contributed by atoms with Crippen molar-refractivity contribution < 1.29 is 9.59 Å². The predicted octanol–water partition coefficient (Wildman–Crippen LogP) is 2.27. The number of rotatable bonds is 9. The molecule has 0 saturated carbocycles. The highest BCUT2D eigenvalue weighted by Crippen LogP contribution is 2.20. The minimum Gasteiger partial charge on any atom is -0.370 e. The Bertz CT molecular complexity index is 1310. The summed E-state index contributed by atoms with van der Waals surface area (Å²) in [4.78, 5) is 35.6. The average molecular weight is 524 g/mol. The van der Waals surface area contributed by atoms with E-state index in [2.05, 4.69) is 48.7 Å². The van der Waals surface area contributed by atoms with Crippen molar-refractivity contribution in [2.24, 2.45) is 0 Å². The van der Waals surface area contributed by atoms with Crippen LogP contribution in [0.25, 0.3) is 0 Å². The molecule has 0 bridgehead atoms. The molecule has 11 heteroatoms. The van der Waals surface area contributed by atoms with Crippen molar-refractivity contribution in [3.05, 3.63) is 65.9 Å². The summed E-state index contributed by atoms with van der Waals surface area (Å²) in [5.74, 6) is 0.908. The maximum absolute atomic E-state index is 12.6. The van der Waals surface area contributed by atoms with Crippen molar-refractivity contribution in [1.29, 1.82) is 0 Å². The topological polar surface area (TPSA) is 123 Å². The zero-order valence-corrected chi connectivity index (χ0v) is 21.9. The Morgan fingerprint density at radius 3 is 2.67 bits per heavy atom. The first-order valence-corrected chi connectivity index (χ1v) is 13.4. The first-order chi connectivity index (χ1) is 19.0. The zero-order valence-electron chi connectivity index (χ0n) is 21.9. The highest BCUT2D eigenvalue weighted by molar-refractivity contribution is 6.35. The van der Waals surface area contributed by atoms with Crippen LogP contribution in [0, 0.1) is 0 Å². The van der Waals surface area contributed by atoms with Gasteiger partial charge in [0, 0.05) is 50.3 Å². The van der Waals surface area contributed by atoms with E-state index >= 15 is 0 Å². The Morgan fingerprint density at radius 2 is 1.82 bits per heavy atom. The molecular formula is C28H33BN8O2. The molecule has 1 fully saturated rings. The van der Waals surface area contributed by atoms with E-state index in [-0.39, 0.29) is 18.0 Å². The zero-order chi connectivity index (χ0) is 27.0. The average Bonchev–Trinajstić information content (AvgIpc) is 3.50. The van der Waals surface area contributed by atoms with Crippen molar-refractivity contribution in [1.82, 2.24) is 25.5 Å². The van der Waals surface area contributed by atoms with Crippen LogP contribution in [0.3, 0.4) is 0 Å². The monoisotopic (exact) mass is 524 g/mol. The van der Waals surface area contributed by atoms with Gasteiger partial charge in [0.25, 0.3) is 0 Å². The molecule has 3 aromatic rings. The quantitative estimate of drug-likeness (QED) is 0.215. The normalized spacial score (nSPS) is 16.3.